The largest absolute Gasteiger partial charge is 0.353 e. The molecule has 1 aliphatic heterocycles. The predicted octanol–water partition coefficient (Wildman–Crippen LogP) is -0.00614. The summed E-state index contributed by atoms with van der Waals surface area (Å²) < 4.78 is 0. The quantitative estimate of drug-likeness (QED) is 0.662. The second kappa shape index (κ2) is 5.24. The third-order valence-electron chi connectivity index (χ3n) is 2.74. The van der Waals surface area contributed by atoms with Crippen LogP contribution in [0.3, 0.4) is 0 Å². The molecule has 1 fully saturated rings. The summed E-state index contributed by atoms with van der Waals surface area (Å²) in [5, 5.41) is 17.2. The van der Waals surface area contributed by atoms with E-state index in [-0.39, 0.29) is 0 Å². The molecule has 1 saturated heterocycles. The van der Waals surface area contributed by atoms with E-state index in [0.29, 0.717) is 12.2 Å². The zero-order valence-electron chi connectivity index (χ0n) is 9.37. The van der Waals surface area contributed by atoms with E-state index in [1.54, 1.807) is 6.20 Å². The van der Waals surface area contributed by atoms with Crippen molar-refractivity contribution >= 4 is 5.82 Å². The fourth-order valence-electron chi connectivity index (χ4n) is 1.78. The van der Waals surface area contributed by atoms with E-state index in [1.165, 1.54) is 6.20 Å². The molecule has 1 aliphatic rings. The van der Waals surface area contributed by atoms with Gasteiger partial charge in [0.05, 0.1) is 25.0 Å². The second-order valence-corrected chi connectivity index (χ2v) is 3.79. The van der Waals surface area contributed by atoms with Crippen molar-refractivity contribution in [1.29, 1.82) is 10.5 Å². The first-order valence-electron chi connectivity index (χ1n) is 5.40. The van der Waals surface area contributed by atoms with Gasteiger partial charge in [0.1, 0.15) is 11.9 Å². The van der Waals surface area contributed by atoms with E-state index in [2.05, 4.69) is 25.8 Å². The Bertz CT molecular complexity index is 446. The van der Waals surface area contributed by atoms with Crippen molar-refractivity contribution in [3.8, 4) is 12.1 Å². The summed E-state index contributed by atoms with van der Waals surface area (Å²) in [6.07, 6.45) is 3.11. The van der Waals surface area contributed by atoms with Gasteiger partial charge in [-0.2, -0.15) is 10.5 Å². The molecule has 0 saturated carbocycles. The maximum absolute atomic E-state index is 8.63. The number of anilines is 1. The molecule has 0 bridgehead atoms. The van der Waals surface area contributed by atoms with Crippen LogP contribution in [0.5, 0.6) is 0 Å². The van der Waals surface area contributed by atoms with Crippen molar-refractivity contribution in [2.75, 3.05) is 37.6 Å². The van der Waals surface area contributed by atoms with Crippen molar-refractivity contribution in [2.24, 2.45) is 0 Å². The highest BCUT2D eigenvalue weighted by Crippen LogP contribution is 2.11. The maximum atomic E-state index is 8.63. The number of nitriles is 2. The van der Waals surface area contributed by atoms with Gasteiger partial charge < -0.3 is 4.90 Å². The minimum absolute atomic E-state index is 0.330. The third kappa shape index (κ3) is 2.68. The number of aromatic nitrogens is 2. The molecular weight excluding hydrogens is 216 g/mol. The Hall–Kier alpha value is -2.18. The van der Waals surface area contributed by atoms with E-state index in [9.17, 15) is 0 Å². The Balaban J connectivity index is 1.96. The molecule has 0 radical (unpaired) electrons. The molecule has 0 spiro atoms. The van der Waals surface area contributed by atoms with Crippen molar-refractivity contribution in [1.82, 2.24) is 14.9 Å². The molecule has 0 amide bonds. The first kappa shape index (κ1) is 11.3. The summed E-state index contributed by atoms with van der Waals surface area (Å²) in [6, 6.07) is 4.09. The Morgan fingerprint density at radius 1 is 1.12 bits per heavy atom. The van der Waals surface area contributed by atoms with Crippen LogP contribution in [-0.2, 0) is 0 Å². The number of nitrogens with zero attached hydrogens (tertiary/aromatic N) is 6. The normalized spacial score (nSPS) is 16.2. The fraction of sp³-hybridized carbons (Fsp3) is 0.455. The summed E-state index contributed by atoms with van der Waals surface area (Å²) in [7, 11) is 0. The molecular formula is C11H12N6. The standard InChI is InChI=1S/C11H12N6/c12-1-2-16-3-5-17(6-4-16)11-9-14-10(7-13)8-15-11/h8-9H,2-6H2. The van der Waals surface area contributed by atoms with Crippen LogP contribution < -0.4 is 4.90 Å². The molecule has 0 aromatic carbocycles. The Labute approximate surface area is 99.7 Å². The highest BCUT2D eigenvalue weighted by atomic mass is 15.3. The first-order chi connectivity index (χ1) is 8.33. The van der Waals surface area contributed by atoms with Crippen LogP contribution in [0.1, 0.15) is 5.69 Å². The lowest BCUT2D eigenvalue weighted by Crippen LogP contribution is -2.46. The summed E-state index contributed by atoms with van der Waals surface area (Å²) >= 11 is 0. The molecule has 1 aromatic heterocycles. The molecule has 1 aromatic rings. The van der Waals surface area contributed by atoms with Crippen LogP contribution in [0.25, 0.3) is 0 Å². The summed E-state index contributed by atoms with van der Waals surface area (Å²) in [5.74, 6) is 0.792. The van der Waals surface area contributed by atoms with Crippen molar-refractivity contribution in [3.05, 3.63) is 18.1 Å². The van der Waals surface area contributed by atoms with Crippen LogP contribution in [0.4, 0.5) is 5.82 Å². The minimum atomic E-state index is 0.330. The smallest absolute Gasteiger partial charge is 0.158 e. The van der Waals surface area contributed by atoms with E-state index >= 15 is 0 Å². The minimum Gasteiger partial charge on any atom is -0.353 e. The van der Waals surface area contributed by atoms with Gasteiger partial charge in [0.15, 0.2) is 5.69 Å². The molecule has 2 rings (SSSR count). The number of hydrogen-bond acceptors (Lipinski definition) is 6. The summed E-state index contributed by atoms with van der Waals surface area (Å²) in [5.41, 5.74) is 0.330. The van der Waals surface area contributed by atoms with E-state index in [0.717, 1.165) is 32.0 Å². The monoisotopic (exact) mass is 228 g/mol. The topological polar surface area (TPSA) is 79.8 Å². The van der Waals surface area contributed by atoms with Crippen molar-refractivity contribution in [2.45, 2.75) is 0 Å². The van der Waals surface area contributed by atoms with Crippen LogP contribution >= 0.6 is 0 Å². The molecule has 0 unspecified atom stereocenters. The van der Waals surface area contributed by atoms with E-state index in [1.807, 2.05) is 6.07 Å². The summed E-state index contributed by atoms with van der Waals surface area (Å²) in [4.78, 5) is 12.4. The number of piperazine rings is 1. The van der Waals surface area contributed by atoms with Gasteiger partial charge in [-0.05, 0) is 0 Å². The van der Waals surface area contributed by atoms with E-state index in [4.69, 9.17) is 10.5 Å². The highest BCUT2D eigenvalue weighted by Gasteiger charge is 2.17. The lowest BCUT2D eigenvalue weighted by atomic mass is 10.3. The molecule has 17 heavy (non-hydrogen) atoms. The second-order valence-electron chi connectivity index (χ2n) is 3.79. The third-order valence-corrected chi connectivity index (χ3v) is 2.74. The van der Waals surface area contributed by atoms with Gasteiger partial charge in [-0.3, -0.25) is 4.90 Å². The Morgan fingerprint density at radius 2 is 1.88 bits per heavy atom. The molecule has 6 nitrogen and oxygen atoms in total. The SMILES string of the molecule is N#CCN1CCN(c2cnc(C#N)cn2)CC1. The Morgan fingerprint density at radius 3 is 2.41 bits per heavy atom. The first-order valence-corrected chi connectivity index (χ1v) is 5.40. The number of hydrogen-bond donors (Lipinski definition) is 0. The van der Waals surface area contributed by atoms with Gasteiger partial charge in [-0.15, -0.1) is 0 Å². The Kier molecular flexibility index (Phi) is 3.49. The van der Waals surface area contributed by atoms with Gasteiger partial charge >= 0.3 is 0 Å². The van der Waals surface area contributed by atoms with Gasteiger partial charge in [0, 0.05) is 26.2 Å². The average molecular weight is 228 g/mol. The zero-order valence-corrected chi connectivity index (χ0v) is 9.37. The molecule has 0 N–H and O–H groups in total. The van der Waals surface area contributed by atoms with Gasteiger partial charge in [-0.25, -0.2) is 9.97 Å². The molecule has 0 aliphatic carbocycles. The lowest BCUT2D eigenvalue weighted by molar-refractivity contribution is 0.286. The van der Waals surface area contributed by atoms with Crippen LogP contribution in [-0.4, -0.2) is 47.6 Å². The average Bonchev–Trinajstić information content (AvgIpc) is 2.40. The fourth-order valence-corrected chi connectivity index (χ4v) is 1.78. The lowest BCUT2D eigenvalue weighted by Gasteiger charge is -2.33. The van der Waals surface area contributed by atoms with Gasteiger partial charge in [0.2, 0.25) is 0 Å². The van der Waals surface area contributed by atoms with Gasteiger partial charge in [0.25, 0.3) is 0 Å². The molecule has 6 heteroatoms. The zero-order chi connectivity index (χ0) is 12.1. The van der Waals surface area contributed by atoms with Crippen LogP contribution in [0.15, 0.2) is 12.4 Å². The maximum Gasteiger partial charge on any atom is 0.158 e. The summed E-state index contributed by atoms with van der Waals surface area (Å²) in [6.45, 7) is 3.86. The van der Waals surface area contributed by atoms with E-state index < -0.39 is 0 Å². The highest BCUT2D eigenvalue weighted by molar-refractivity contribution is 5.37. The molecule has 0 atom stereocenters. The molecule has 86 valence electrons. The number of rotatable bonds is 2. The van der Waals surface area contributed by atoms with Crippen molar-refractivity contribution < 1.29 is 0 Å². The van der Waals surface area contributed by atoms with Crippen LogP contribution in [0, 0.1) is 22.7 Å². The van der Waals surface area contributed by atoms with Gasteiger partial charge in [-0.1, -0.05) is 0 Å². The molecule has 2 heterocycles. The van der Waals surface area contributed by atoms with Crippen LogP contribution in [0.2, 0.25) is 0 Å². The predicted molar refractivity (Wildman–Crippen MR) is 61.0 cm³/mol. The van der Waals surface area contributed by atoms with Crippen molar-refractivity contribution in [3.63, 3.8) is 0 Å².